The maximum Gasteiger partial charge on any atom is 0.223 e. The topological polar surface area (TPSA) is 66.5 Å². The van der Waals surface area contributed by atoms with Crippen LogP contribution in [-0.4, -0.2) is 33.7 Å². The molecule has 1 N–H and O–H groups in total. The molecule has 0 fully saturated rings. The van der Waals surface area contributed by atoms with Gasteiger partial charge in [-0.05, 0) is 31.9 Å². The van der Waals surface area contributed by atoms with Crippen molar-refractivity contribution in [2.75, 3.05) is 24.2 Å². The van der Waals surface area contributed by atoms with Crippen LogP contribution in [-0.2, 0) is 14.8 Å². The molecule has 0 aromatic heterocycles. The van der Waals surface area contributed by atoms with E-state index in [0.717, 1.165) is 28.6 Å². The number of carbonyl (C=O) groups excluding carboxylic acids is 1. The summed E-state index contributed by atoms with van der Waals surface area (Å²) in [6.07, 6.45) is 1.10. The number of hydrogen-bond acceptors (Lipinski definition) is 3. The third-order valence-electron chi connectivity index (χ3n) is 2.99. The second-order valence-corrected chi connectivity index (χ2v) is 6.92. The zero-order valence-electron chi connectivity index (χ0n) is 12.6. The summed E-state index contributed by atoms with van der Waals surface area (Å²) in [6.45, 7) is 7.91. The zero-order chi connectivity index (χ0) is 15.5. The highest BCUT2D eigenvalue weighted by atomic mass is 32.2. The predicted octanol–water partition coefficient (Wildman–Crippen LogP) is 1.51. The van der Waals surface area contributed by atoms with E-state index in [9.17, 15) is 13.2 Å². The highest BCUT2D eigenvalue weighted by molar-refractivity contribution is 7.88. The third-order valence-corrected chi connectivity index (χ3v) is 3.71. The lowest BCUT2D eigenvalue weighted by Crippen LogP contribution is -2.38. The third kappa shape index (κ3) is 4.61. The van der Waals surface area contributed by atoms with E-state index in [1.54, 1.807) is 4.90 Å². The Kier molecular flexibility index (Phi) is 5.30. The van der Waals surface area contributed by atoms with Gasteiger partial charge in [0, 0.05) is 25.7 Å². The number of sulfonamides is 1. The zero-order valence-corrected chi connectivity index (χ0v) is 13.5. The van der Waals surface area contributed by atoms with Crippen molar-refractivity contribution < 1.29 is 13.2 Å². The molecule has 0 radical (unpaired) electrons. The van der Waals surface area contributed by atoms with Gasteiger partial charge >= 0.3 is 0 Å². The van der Waals surface area contributed by atoms with Crippen LogP contribution >= 0.6 is 0 Å². The van der Waals surface area contributed by atoms with Crippen LogP contribution in [0.1, 0.15) is 23.6 Å². The number of carbonyl (C=O) groups is 1. The van der Waals surface area contributed by atoms with E-state index in [0.29, 0.717) is 6.54 Å². The number of amides is 1. The molecule has 1 aromatic carbocycles. The molecule has 0 bridgehead atoms. The Morgan fingerprint density at radius 3 is 2.10 bits per heavy atom. The molecule has 1 rings (SSSR count). The first-order valence-corrected chi connectivity index (χ1v) is 8.31. The molecule has 0 aliphatic rings. The van der Waals surface area contributed by atoms with E-state index >= 15 is 0 Å². The first-order chi connectivity index (χ1) is 9.11. The Balaban J connectivity index is 3.01. The highest BCUT2D eigenvalue weighted by Crippen LogP contribution is 2.26. The first-order valence-electron chi connectivity index (χ1n) is 6.42. The minimum Gasteiger partial charge on any atom is -0.311 e. The molecule has 6 heteroatoms. The van der Waals surface area contributed by atoms with E-state index in [1.165, 1.54) is 6.92 Å². The average Bonchev–Trinajstić information content (AvgIpc) is 2.23. The van der Waals surface area contributed by atoms with Crippen LogP contribution in [0.25, 0.3) is 0 Å². The molecule has 1 amide bonds. The van der Waals surface area contributed by atoms with Crippen molar-refractivity contribution in [1.29, 1.82) is 0 Å². The van der Waals surface area contributed by atoms with Gasteiger partial charge in [0.1, 0.15) is 0 Å². The number of nitrogens with one attached hydrogen (secondary N) is 1. The van der Waals surface area contributed by atoms with Gasteiger partial charge in [-0.15, -0.1) is 0 Å². The van der Waals surface area contributed by atoms with Crippen molar-refractivity contribution in [3.63, 3.8) is 0 Å². The maximum absolute atomic E-state index is 11.8. The van der Waals surface area contributed by atoms with Gasteiger partial charge in [0.2, 0.25) is 15.9 Å². The van der Waals surface area contributed by atoms with E-state index in [2.05, 4.69) is 4.72 Å². The molecule has 112 valence electrons. The SMILES string of the molecule is CC(=O)N(CCNS(C)(=O)=O)c1c(C)cc(C)cc1C. The Bertz CT molecular complexity index is 586. The number of hydrogen-bond donors (Lipinski definition) is 1. The lowest BCUT2D eigenvalue weighted by molar-refractivity contribution is -0.116. The standard InChI is InChI=1S/C14H22N2O3S/c1-10-8-11(2)14(12(3)9-10)16(13(4)17)7-6-15-20(5,18)19/h8-9,15H,6-7H2,1-5H3. The van der Waals surface area contributed by atoms with Gasteiger partial charge in [-0.2, -0.15) is 0 Å². The normalized spacial score (nSPS) is 11.4. The van der Waals surface area contributed by atoms with Crippen LogP contribution in [0.15, 0.2) is 12.1 Å². The number of rotatable bonds is 5. The van der Waals surface area contributed by atoms with Gasteiger partial charge in [0.15, 0.2) is 0 Å². The molecule has 0 aliphatic heterocycles. The van der Waals surface area contributed by atoms with Crippen molar-refractivity contribution in [3.8, 4) is 0 Å². The van der Waals surface area contributed by atoms with Gasteiger partial charge < -0.3 is 4.90 Å². The Labute approximate surface area is 121 Å². The molecule has 0 spiro atoms. The van der Waals surface area contributed by atoms with E-state index < -0.39 is 10.0 Å². The average molecular weight is 298 g/mol. The summed E-state index contributed by atoms with van der Waals surface area (Å²) < 4.78 is 24.6. The second-order valence-electron chi connectivity index (χ2n) is 5.08. The Hall–Kier alpha value is -1.40. The Morgan fingerprint density at radius 2 is 1.70 bits per heavy atom. The minimum atomic E-state index is -3.24. The number of benzene rings is 1. The molecule has 5 nitrogen and oxygen atoms in total. The van der Waals surface area contributed by atoms with Gasteiger partial charge in [-0.25, -0.2) is 13.1 Å². The summed E-state index contributed by atoms with van der Waals surface area (Å²) in [6, 6.07) is 4.03. The molecule has 0 saturated heterocycles. The summed E-state index contributed by atoms with van der Waals surface area (Å²) >= 11 is 0. The van der Waals surface area contributed by atoms with Gasteiger partial charge in [0.25, 0.3) is 0 Å². The van der Waals surface area contributed by atoms with Gasteiger partial charge in [-0.1, -0.05) is 17.7 Å². The van der Waals surface area contributed by atoms with Crippen molar-refractivity contribution in [2.24, 2.45) is 0 Å². The lowest BCUT2D eigenvalue weighted by atomic mass is 10.0. The van der Waals surface area contributed by atoms with Crippen LogP contribution in [0.4, 0.5) is 5.69 Å². The first kappa shape index (κ1) is 16.7. The van der Waals surface area contributed by atoms with Gasteiger partial charge in [-0.3, -0.25) is 4.79 Å². The largest absolute Gasteiger partial charge is 0.311 e. The fourth-order valence-corrected chi connectivity index (χ4v) is 2.83. The van der Waals surface area contributed by atoms with Gasteiger partial charge in [0.05, 0.1) is 6.26 Å². The molecular weight excluding hydrogens is 276 g/mol. The fraction of sp³-hybridized carbons (Fsp3) is 0.500. The smallest absolute Gasteiger partial charge is 0.223 e. The lowest BCUT2D eigenvalue weighted by Gasteiger charge is -2.25. The molecule has 20 heavy (non-hydrogen) atoms. The van der Waals surface area contributed by atoms with Crippen molar-refractivity contribution in [3.05, 3.63) is 28.8 Å². The van der Waals surface area contributed by atoms with E-state index in [1.807, 2.05) is 32.9 Å². The van der Waals surface area contributed by atoms with Crippen LogP contribution < -0.4 is 9.62 Å². The van der Waals surface area contributed by atoms with Crippen molar-refractivity contribution >= 4 is 21.6 Å². The highest BCUT2D eigenvalue weighted by Gasteiger charge is 2.16. The van der Waals surface area contributed by atoms with Crippen LogP contribution in [0.2, 0.25) is 0 Å². The summed E-state index contributed by atoms with van der Waals surface area (Å²) in [7, 11) is -3.24. The summed E-state index contributed by atoms with van der Waals surface area (Å²) in [5, 5.41) is 0. The Morgan fingerprint density at radius 1 is 1.20 bits per heavy atom. The van der Waals surface area contributed by atoms with E-state index in [-0.39, 0.29) is 12.5 Å². The second kappa shape index (κ2) is 6.37. The molecular formula is C14H22N2O3S. The fourth-order valence-electron chi connectivity index (χ4n) is 2.37. The number of aryl methyl sites for hydroxylation is 3. The monoisotopic (exact) mass is 298 g/mol. The summed E-state index contributed by atoms with van der Waals surface area (Å²) in [5.74, 6) is -0.102. The quantitative estimate of drug-likeness (QED) is 0.896. The predicted molar refractivity (Wildman–Crippen MR) is 81.5 cm³/mol. The van der Waals surface area contributed by atoms with E-state index in [4.69, 9.17) is 0 Å². The summed E-state index contributed by atoms with van der Waals surface area (Å²) in [5.41, 5.74) is 4.02. The molecule has 0 saturated carbocycles. The van der Waals surface area contributed by atoms with Crippen molar-refractivity contribution in [2.45, 2.75) is 27.7 Å². The minimum absolute atomic E-state index is 0.102. The van der Waals surface area contributed by atoms with Crippen LogP contribution in [0.5, 0.6) is 0 Å². The molecule has 0 atom stereocenters. The molecule has 0 heterocycles. The van der Waals surface area contributed by atoms with Crippen LogP contribution in [0.3, 0.4) is 0 Å². The maximum atomic E-state index is 11.8. The summed E-state index contributed by atoms with van der Waals surface area (Å²) in [4.78, 5) is 13.5. The molecule has 0 unspecified atom stereocenters. The van der Waals surface area contributed by atoms with Crippen LogP contribution in [0, 0.1) is 20.8 Å². The van der Waals surface area contributed by atoms with Crippen molar-refractivity contribution in [1.82, 2.24) is 4.72 Å². The molecule has 0 aliphatic carbocycles. The molecule has 1 aromatic rings. The number of nitrogens with zero attached hydrogens (tertiary/aromatic N) is 1. The number of anilines is 1.